The van der Waals surface area contributed by atoms with E-state index in [1.165, 1.54) is 27.9 Å². The molecule has 2 aliphatic heterocycles. The molecule has 2 aliphatic rings. The Kier molecular flexibility index (Phi) is 9.99. The number of ether oxygens (including phenoxy) is 3. The Morgan fingerprint density at radius 1 is 1.11 bits per heavy atom. The summed E-state index contributed by atoms with van der Waals surface area (Å²) in [6.07, 6.45) is 6.77. The number of carbonyl (C=O) groups is 2. The number of unbranched alkanes of at least 4 members (excludes halogenated alkanes) is 1. The average Bonchev–Trinajstić information content (AvgIpc) is 3.69. The molecule has 47 heavy (non-hydrogen) atoms. The van der Waals surface area contributed by atoms with E-state index in [1.807, 2.05) is 20.8 Å². The summed E-state index contributed by atoms with van der Waals surface area (Å²) in [5.74, 6) is -0.440. The third kappa shape index (κ3) is 7.24. The van der Waals surface area contributed by atoms with Gasteiger partial charge < -0.3 is 28.6 Å². The molecule has 2 atom stereocenters. The van der Waals surface area contributed by atoms with Gasteiger partial charge in [0.25, 0.3) is 5.91 Å². The van der Waals surface area contributed by atoms with Crippen molar-refractivity contribution in [3.05, 3.63) is 69.0 Å². The standard InChI is InChI=1S/C33H39FN6O6S/c1-4-5-12-45-29-28(36-33-38(8-9-40(33)32(29)43)20-27(41)39-18-21(2)46-22(3)19-39)30-35-17-25(47-30)15-23-6-7-24(34)16-26(23)31(42)37-10-13-44-14-11-37/h6-9,16-17,21-22H,4-5,10-15,18-20H2,1-3H3/t21-,22-/m0/s1. The number of nitrogens with zero attached hydrogens (tertiary/aromatic N) is 6. The van der Waals surface area contributed by atoms with Gasteiger partial charge in [-0.2, -0.15) is 0 Å². The maximum atomic E-state index is 14.3. The van der Waals surface area contributed by atoms with Crippen LogP contribution >= 0.6 is 11.3 Å². The first-order valence-corrected chi connectivity index (χ1v) is 16.8. The van der Waals surface area contributed by atoms with Gasteiger partial charge in [-0.1, -0.05) is 19.4 Å². The summed E-state index contributed by atoms with van der Waals surface area (Å²) >= 11 is 1.32. The second kappa shape index (κ2) is 14.3. The number of benzene rings is 1. The van der Waals surface area contributed by atoms with Gasteiger partial charge in [0.1, 0.15) is 17.4 Å². The number of carbonyl (C=O) groups excluding carboxylic acids is 2. The fraction of sp³-hybridized carbons (Fsp3) is 0.485. The summed E-state index contributed by atoms with van der Waals surface area (Å²) < 4.78 is 34.5. The van der Waals surface area contributed by atoms with E-state index in [2.05, 4.69) is 4.98 Å². The smallest absolute Gasteiger partial charge is 0.302 e. The van der Waals surface area contributed by atoms with Crippen LogP contribution in [0.3, 0.4) is 0 Å². The molecule has 6 rings (SSSR count). The van der Waals surface area contributed by atoms with Crippen LogP contribution in [0.25, 0.3) is 16.5 Å². The van der Waals surface area contributed by atoms with Crippen molar-refractivity contribution >= 4 is 28.9 Å². The molecule has 2 amide bonds. The third-order valence-electron chi connectivity index (χ3n) is 8.25. The summed E-state index contributed by atoms with van der Waals surface area (Å²) in [4.78, 5) is 54.1. The maximum absolute atomic E-state index is 14.3. The van der Waals surface area contributed by atoms with E-state index < -0.39 is 11.4 Å². The molecule has 12 nitrogen and oxygen atoms in total. The fourth-order valence-corrected chi connectivity index (χ4v) is 6.85. The molecule has 0 saturated carbocycles. The molecule has 14 heteroatoms. The summed E-state index contributed by atoms with van der Waals surface area (Å²) in [5.41, 5.74) is 0.858. The van der Waals surface area contributed by atoms with E-state index in [9.17, 15) is 18.8 Å². The molecule has 0 bridgehead atoms. The highest BCUT2D eigenvalue weighted by molar-refractivity contribution is 7.15. The lowest BCUT2D eigenvalue weighted by Crippen LogP contribution is -2.49. The van der Waals surface area contributed by atoms with Gasteiger partial charge in [0.05, 0.1) is 32.0 Å². The van der Waals surface area contributed by atoms with Gasteiger partial charge in [0, 0.05) is 61.6 Å². The van der Waals surface area contributed by atoms with Crippen molar-refractivity contribution in [3.63, 3.8) is 0 Å². The van der Waals surface area contributed by atoms with Gasteiger partial charge in [-0.15, -0.1) is 11.3 Å². The minimum Gasteiger partial charge on any atom is -0.486 e. The van der Waals surface area contributed by atoms with Crippen molar-refractivity contribution < 1.29 is 28.2 Å². The van der Waals surface area contributed by atoms with E-state index in [0.717, 1.165) is 17.7 Å². The number of imidazole rings is 1. The zero-order chi connectivity index (χ0) is 33.1. The Morgan fingerprint density at radius 3 is 2.62 bits per heavy atom. The largest absolute Gasteiger partial charge is 0.486 e. The zero-order valence-electron chi connectivity index (χ0n) is 26.8. The highest BCUT2D eigenvalue weighted by Gasteiger charge is 2.28. The van der Waals surface area contributed by atoms with Crippen molar-refractivity contribution in [1.29, 1.82) is 0 Å². The number of rotatable bonds is 10. The molecule has 0 spiro atoms. The van der Waals surface area contributed by atoms with Crippen LogP contribution in [0.15, 0.2) is 41.6 Å². The quantitative estimate of drug-likeness (QED) is 0.236. The number of thiazole rings is 1. The molecule has 5 heterocycles. The minimum atomic E-state index is -0.485. The first kappa shape index (κ1) is 32.8. The zero-order valence-corrected chi connectivity index (χ0v) is 27.6. The van der Waals surface area contributed by atoms with Crippen LogP contribution in [0.2, 0.25) is 0 Å². The first-order valence-electron chi connectivity index (χ1n) is 16.0. The summed E-state index contributed by atoms with van der Waals surface area (Å²) in [7, 11) is 0. The Morgan fingerprint density at radius 2 is 1.87 bits per heavy atom. The molecule has 2 fully saturated rings. The third-order valence-corrected chi connectivity index (χ3v) is 9.26. The lowest BCUT2D eigenvalue weighted by atomic mass is 10.0. The Labute approximate surface area is 275 Å². The molecule has 250 valence electrons. The van der Waals surface area contributed by atoms with Crippen LogP contribution in [0.1, 0.15) is 54.4 Å². The maximum Gasteiger partial charge on any atom is 0.302 e. The van der Waals surface area contributed by atoms with Crippen LogP contribution in [0.4, 0.5) is 4.39 Å². The summed E-state index contributed by atoms with van der Waals surface area (Å²) in [6.45, 7) is 9.01. The molecule has 0 aliphatic carbocycles. The molecule has 4 aromatic rings. The number of halogens is 1. The second-order valence-corrected chi connectivity index (χ2v) is 13.1. The van der Waals surface area contributed by atoms with Crippen LogP contribution in [0.5, 0.6) is 5.75 Å². The van der Waals surface area contributed by atoms with Crippen molar-refractivity contribution in [3.8, 4) is 16.5 Å². The van der Waals surface area contributed by atoms with Crippen LogP contribution in [-0.2, 0) is 27.2 Å². The molecular formula is C33H39FN6O6S. The molecule has 0 N–H and O–H groups in total. The predicted molar refractivity (Wildman–Crippen MR) is 173 cm³/mol. The molecule has 1 aromatic carbocycles. The van der Waals surface area contributed by atoms with Gasteiger partial charge in [-0.25, -0.2) is 18.8 Å². The average molecular weight is 667 g/mol. The molecule has 2 saturated heterocycles. The lowest BCUT2D eigenvalue weighted by Gasteiger charge is -2.35. The topological polar surface area (TPSA) is 120 Å². The monoisotopic (exact) mass is 666 g/mol. The SMILES string of the molecule is CCCCOc1c(-c2ncc(Cc3ccc(F)cc3C(=O)N3CCOCC3)s2)nc2n(CC(=O)N3C[C@H](C)O[C@@H](C)C3)ccn2c1=O. The normalized spacial score (nSPS) is 18.6. The molecule has 3 aromatic heterocycles. The van der Waals surface area contributed by atoms with E-state index in [1.54, 1.807) is 39.0 Å². The number of morpholine rings is 2. The number of hydrogen-bond acceptors (Lipinski definition) is 9. The van der Waals surface area contributed by atoms with Gasteiger partial charge in [0.2, 0.25) is 17.4 Å². The molecule has 0 unspecified atom stereocenters. The minimum absolute atomic E-state index is 0.00545. The van der Waals surface area contributed by atoms with Gasteiger partial charge in [-0.05, 0) is 38.0 Å². The van der Waals surface area contributed by atoms with E-state index in [0.29, 0.717) is 74.3 Å². The number of hydrogen-bond donors (Lipinski definition) is 0. The molecule has 0 radical (unpaired) electrons. The Bertz CT molecular complexity index is 1800. The van der Waals surface area contributed by atoms with Crippen molar-refractivity contribution in [1.82, 2.24) is 28.7 Å². The predicted octanol–water partition coefficient (Wildman–Crippen LogP) is 3.64. The van der Waals surface area contributed by atoms with Crippen LogP contribution < -0.4 is 10.3 Å². The first-order chi connectivity index (χ1) is 22.7. The van der Waals surface area contributed by atoms with Crippen molar-refractivity contribution in [2.24, 2.45) is 0 Å². The Hall–Kier alpha value is -4.14. The second-order valence-electron chi connectivity index (χ2n) is 12.0. The number of fused-ring (bicyclic) bond motifs is 1. The van der Waals surface area contributed by atoms with Crippen LogP contribution in [0, 0.1) is 5.82 Å². The van der Waals surface area contributed by atoms with E-state index >= 15 is 0 Å². The highest BCUT2D eigenvalue weighted by atomic mass is 32.1. The van der Waals surface area contributed by atoms with Gasteiger partial charge in [-0.3, -0.25) is 14.4 Å². The van der Waals surface area contributed by atoms with E-state index in [-0.39, 0.29) is 42.0 Å². The number of aromatic nitrogens is 4. The summed E-state index contributed by atoms with van der Waals surface area (Å²) in [6, 6.07) is 4.24. The van der Waals surface area contributed by atoms with Crippen LogP contribution in [-0.4, -0.2) is 98.8 Å². The highest BCUT2D eigenvalue weighted by Crippen LogP contribution is 2.32. The Balaban J connectivity index is 1.32. The van der Waals surface area contributed by atoms with Gasteiger partial charge in [0.15, 0.2) is 5.69 Å². The fourth-order valence-electron chi connectivity index (χ4n) is 5.93. The molecular weight excluding hydrogens is 627 g/mol. The lowest BCUT2D eigenvalue weighted by molar-refractivity contribution is -0.143. The number of amides is 2. The van der Waals surface area contributed by atoms with Gasteiger partial charge >= 0.3 is 5.56 Å². The summed E-state index contributed by atoms with van der Waals surface area (Å²) in [5, 5.41) is 0.462. The van der Waals surface area contributed by atoms with Crippen molar-refractivity contribution in [2.75, 3.05) is 46.0 Å². The van der Waals surface area contributed by atoms with Crippen molar-refractivity contribution in [2.45, 2.75) is 58.8 Å². The van der Waals surface area contributed by atoms with E-state index in [4.69, 9.17) is 19.2 Å².